The van der Waals surface area contributed by atoms with E-state index in [4.69, 9.17) is 0 Å². The fraction of sp³-hybridized carbons (Fsp3) is 0.444. The van der Waals surface area contributed by atoms with Gasteiger partial charge >= 0.3 is 0 Å². The van der Waals surface area contributed by atoms with Crippen LogP contribution in [0.1, 0.15) is 18.3 Å². The number of piperidine rings is 1. The normalized spacial score (nSPS) is 36.4. The first kappa shape index (κ1) is 7.99. The van der Waals surface area contributed by atoms with E-state index in [0.717, 1.165) is 15.9 Å². The maximum Gasteiger partial charge on any atom is 0.124 e. The van der Waals surface area contributed by atoms with E-state index < -0.39 is 0 Å². The van der Waals surface area contributed by atoms with Crippen LogP contribution >= 0.6 is 22.6 Å². The van der Waals surface area contributed by atoms with E-state index in [1.807, 2.05) is 6.20 Å². The highest BCUT2D eigenvalue weighted by molar-refractivity contribution is 14.1. The molecule has 4 heteroatoms. The number of aromatic amines is 1. The molecule has 2 aliphatic rings. The molecule has 2 N–H and O–H groups in total. The van der Waals surface area contributed by atoms with Gasteiger partial charge in [-0.25, -0.2) is 4.98 Å². The van der Waals surface area contributed by atoms with E-state index in [9.17, 15) is 0 Å². The van der Waals surface area contributed by atoms with Crippen molar-refractivity contribution >= 4 is 22.6 Å². The van der Waals surface area contributed by atoms with Crippen molar-refractivity contribution in [3.05, 3.63) is 27.9 Å². The molecule has 1 aliphatic heterocycles. The molecule has 68 valence electrons. The van der Waals surface area contributed by atoms with Crippen molar-refractivity contribution in [3.8, 4) is 0 Å². The van der Waals surface area contributed by atoms with Crippen LogP contribution in [-0.2, 0) is 0 Å². The fourth-order valence-electron chi connectivity index (χ4n) is 2.11. The second-order valence-corrected chi connectivity index (χ2v) is 4.83. The molecule has 13 heavy (non-hydrogen) atoms. The highest BCUT2D eigenvalue weighted by atomic mass is 127. The van der Waals surface area contributed by atoms with E-state index in [0.29, 0.717) is 18.0 Å². The monoisotopic (exact) mass is 287 g/mol. The van der Waals surface area contributed by atoms with Crippen LogP contribution in [0.25, 0.3) is 0 Å². The van der Waals surface area contributed by atoms with Crippen LogP contribution in [0.5, 0.6) is 0 Å². The quantitative estimate of drug-likeness (QED) is 0.608. The van der Waals surface area contributed by atoms with Crippen LogP contribution in [0.2, 0.25) is 0 Å². The van der Waals surface area contributed by atoms with Gasteiger partial charge in [-0.2, -0.15) is 0 Å². The van der Waals surface area contributed by atoms with Gasteiger partial charge < -0.3 is 10.3 Å². The molecule has 0 radical (unpaired) electrons. The minimum atomic E-state index is 0.420. The van der Waals surface area contributed by atoms with Gasteiger partial charge in [-0.1, -0.05) is 12.2 Å². The topological polar surface area (TPSA) is 40.7 Å². The third kappa shape index (κ3) is 1.15. The highest BCUT2D eigenvalue weighted by Crippen LogP contribution is 2.49. The number of hydrogen-bond donors (Lipinski definition) is 2. The van der Waals surface area contributed by atoms with E-state index in [1.165, 1.54) is 5.57 Å². The predicted octanol–water partition coefficient (Wildman–Crippen LogP) is 1.60. The smallest absolute Gasteiger partial charge is 0.124 e. The van der Waals surface area contributed by atoms with Gasteiger partial charge in [0.15, 0.2) is 0 Å². The summed E-state index contributed by atoms with van der Waals surface area (Å²) >= 11 is 2.22. The number of halogens is 1. The maximum atomic E-state index is 4.41. The molecule has 0 amide bonds. The first-order chi connectivity index (χ1) is 6.25. The van der Waals surface area contributed by atoms with Crippen molar-refractivity contribution in [2.24, 2.45) is 5.92 Å². The van der Waals surface area contributed by atoms with Gasteiger partial charge in [0.25, 0.3) is 0 Å². The Hall–Kier alpha value is -0.360. The van der Waals surface area contributed by atoms with Crippen molar-refractivity contribution in [3.63, 3.8) is 0 Å². The second kappa shape index (κ2) is 2.57. The Labute approximate surface area is 90.2 Å². The lowest BCUT2D eigenvalue weighted by atomic mass is 10.1. The first-order valence-corrected chi connectivity index (χ1v) is 5.49. The summed E-state index contributed by atoms with van der Waals surface area (Å²) in [5.41, 5.74) is 1.37. The summed E-state index contributed by atoms with van der Waals surface area (Å²) in [6.07, 6.45) is 3.10. The molecular formula is C9H10IN3. The van der Waals surface area contributed by atoms with E-state index in [2.05, 4.69) is 44.5 Å². The lowest BCUT2D eigenvalue weighted by Gasteiger charge is -2.09. The van der Waals surface area contributed by atoms with Crippen LogP contribution in [-0.4, -0.2) is 16.0 Å². The zero-order valence-corrected chi connectivity index (χ0v) is 9.21. The molecule has 1 aromatic heterocycles. The number of nitrogens with one attached hydrogen (secondary N) is 2. The van der Waals surface area contributed by atoms with E-state index >= 15 is 0 Å². The summed E-state index contributed by atoms with van der Waals surface area (Å²) < 4.78 is 1.04. The summed E-state index contributed by atoms with van der Waals surface area (Å²) in [4.78, 5) is 7.60. The Bertz CT molecular complexity index is 357. The molecule has 0 aromatic carbocycles. The predicted molar refractivity (Wildman–Crippen MR) is 58.2 cm³/mol. The minimum absolute atomic E-state index is 0.420. The lowest BCUT2D eigenvalue weighted by Crippen LogP contribution is -2.19. The molecule has 1 aromatic rings. The van der Waals surface area contributed by atoms with Crippen molar-refractivity contribution < 1.29 is 0 Å². The first-order valence-electron chi connectivity index (χ1n) is 4.41. The van der Waals surface area contributed by atoms with Gasteiger partial charge in [0.1, 0.15) is 9.53 Å². The van der Waals surface area contributed by atoms with Crippen LogP contribution in [0.3, 0.4) is 0 Å². The number of hydrogen-bond acceptors (Lipinski definition) is 2. The molecule has 3 atom stereocenters. The fourth-order valence-corrected chi connectivity index (χ4v) is 2.52. The number of aromatic nitrogens is 2. The number of nitrogens with zero attached hydrogens (tertiary/aromatic N) is 1. The minimum Gasteiger partial charge on any atom is -0.346 e. The Morgan fingerprint density at radius 3 is 3.00 bits per heavy atom. The summed E-state index contributed by atoms with van der Waals surface area (Å²) in [7, 11) is 0. The van der Waals surface area contributed by atoms with Gasteiger partial charge in [-0.15, -0.1) is 0 Å². The number of fused-ring (bicyclic) bond motifs is 1. The Morgan fingerprint density at radius 2 is 2.46 bits per heavy atom. The third-order valence-corrected chi connectivity index (χ3v) is 3.49. The molecule has 0 unspecified atom stereocenters. The van der Waals surface area contributed by atoms with Crippen LogP contribution in [0, 0.1) is 9.62 Å². The summed E-state index contributed by atoms with van der Waals surface area (Å²) in [6.45, 7) is 3.99. The zero-order valence-electron chi connectivity index (χ0n) is 7.05. The molecule has 3 nitrogen and oxygen atoms in total. The third-order valence-electron chi connectivity index (χ3n) is 2.94. The largest absolute Gasteiger partial charge is 0.346 e. The molecule has 1 saturated heterocycles. The number of rotatable bonds is 1. The van der Waals surface area contributed by atoms with Crippen molar-refractivity contribution in [2.45, 2.75) is 18.5 Å². The Morgan fingerprint density at radius 1 is 1.62 bits per heavy atom. The molecule has 2 heterocycles. The van der Waals surface area contributed by atoms with Crippen molar-refractivity contribution in [1.29, 1.82) is 0 Å². The summed E-state index contributed by atoms with van der Waals surface area (Å²) in [5, 5.41) is 3.51. The highest BCUT2D eigenvalue weighted by Gasteiger charge is 2.50. The standard InChI is InChI=1S/C9H10IN3/c1-4-5-2-6(12-8(4)5)9-11-3-7(10)13-9/h3,5-6,8,12H,1-2H2,(H,11,13)/t5-,6-,8+/m0/s1. The Kier molecular flexibility index (Phi) is 1.58. The van der Waals surface area contributed by atoms with E-state index in [-0.39, 0.29) is 0 Å². The summed E-state index contributed by atoms with van der Waals surface area (Å²) in [5.74, 6) is 1.79. The molecule has 3 rings (SSSR count). The van der Waals surface area contributed by atoms with Gasteiger partial charge in [-0.3, -0.25) is 0 Å². The SMILES string of the molecule is C=C1[C@H]2N[C@H](c3nc(I)c[nH]3)C[C@@H]12. The van der Waals surface area contributed by atoms with Gasteiger partial charge in [0.05, 0.1) is 6.04 Å². The summed E-state index contributed by atoms with van der Waals surface area (Å²) in [6, 6.07) is 0.997. The average molecular weight is 287 g/mol. The maximum absolute atomic E-state index is 4.41. The zero-order chi connectivity index (χ0) is 9.00. The molecule has 2 fully saturated rings. The van der Waals surface area contributed by atoms with E-state index in [1.54, 1.807) is 0 Å². The molecule has 1 aliphatic carbocycles. The number of imidazole rings is 1. The molecule has 1 saturated carbocycles. The molecular weight excluding hydrogens is 277 g/mol. The van der Waals surface area contributed by atoms with Crippen molar-refractivity contribution in [2.75, 3.05) is 0 Å². The van der Waals surface area contributed by atoms with Gasteiger partial charge in [0, 0.05) is 18.2 Å². The molecule has 0 bridgehead atoms. The van der Waals surface area contributed by atoms with Crippen LogP contribution < -0.4 is 5.32 Å². The number of H-pyrrole nitrogens is 1. The lowest BCUT2D eigenvalue weighted by molar-refractivity contribution is 0.569. The average Bonchev–Trinajstić information content (AvgIpc) is 2.62. The van der Waals surface area contributed by atoms with Crippen LogP contribution in [0.4, 0.5) is 0 Å². The second-order valence-electron chi connectivity index (χ2n) is 3.72. The Balaban J connectivity index is 1.79. The van der Waals surface area contributed by atoms with Crippen molar-refractivity contribution in [1.82, 2.24) is 15.3 Å². The van der Waals surface area contributed by atoms with Crippen LogP contribution in [0.15, 0.2) is 18.3 Å². The van der Waals surface area contributed by atoms with Gasteiger partial charge in [-0.05, 0) is 29.0 Å². The van der Waals surface area contributed by atoms with Gasteiger partial charge in [0.2, 0.25) is 0 Å². The molecule has 0 spiro atoms.